The molecule has 1 aromatic heterocycles. The van der Waals surface area contributed by atoms with E-state index in [9.17, 15) is 0 Å². The molecule has 2 rings (SSSR count). The average Bonchev–Trinajstić information content (AvgIpc) is 2.56. The Morgan fingerprint density at radius 1 is 1.19 bits per heavy atom. The van der Waals surface area contributed by atoms with Crippen molar-refractivity contribution in [1.82, 2.24) is 4.98 Å². The van der Waals surface area contributed by atoms with E-state index in [1.54, 1.807) is 0 Å². The van der Waals surface area contributed by atoms with Gasteiger partial charge in [0.2, 0.25) is 0 Å². The topological polar surface area (TPSA) is 57.4 Å². The van der Waals surface area contributed by atoms with Crippen LogP contribution < -0.4 is 5.73 Å². The average molecular weight is 288 g/mol. The maximum Gasteiger partial charge on any atom is 0.487 e. The van der Waals surface area contributed by atoms with Crippen molar-refractivity contribution in [2.24, 2.45) is 5.73 Å². The zero-order valence-corrected chi connectivity index (χ0v) is 13.8. The largest absolute Gasteiger partial charge is 0.487 e. The molecule has 0 unspecified atom stereocenters. The Balaban J connectivity index is 2.19. The van der Waals surface area contributed by atoms with E-state index < -0.39 is 0 Å². The molecule has 1 aliphatic rings. The molecule has 0 radical (unpaired) electrons. The van der Waals surface area contributed by atoms with E-state index in [0.717, 1.165) is 16.7 Å². The molecule has 0 amide bonds. The highest BCUT2D eigenvalue weighted by Crippen LogP contribution is 2.37. The van der Waals surface area contributed by atoms with Gasteiger partial charge in [-0.05, 0) is 58.2 Å². The fourth-order valence-electron chi connectivity index (χ4n) is 2.33. The second-order valence-electron chi connectivity index (χ2n) is 6.72. The van der Waals surface area contributed by atoms with Gasteiger partial charge in [-0.3, -0.25) is 4.98 Å². The summed E-state index contributed by atoms with van der Waals surface area (Å²) >= 11 is 0. The van der Waals surface area contributed by atoms with Crippen LogP contribution >= 0.6 is 0 Å². The van der Waals surface area contributed by atoms with Gasteiger partial charge >= 0.3 is 7.12 Å². The second kappa shape index (κ2) is 5.56. The lowest BCUT2D eigenvalue weighted by atomic mass is 9.88. The Morgan fingerprint density at radius 3 is 2.29 bits per heavy atom. The van der Waals surface area contributed by atoms with Crippen molar-refractivity contribution in [2.45, 2.75) is 58.8 Å². The minimum atomic E-state index is -0.339. The van der Waals surface area contributed by atoms with Crippen LogP contribution in [0.2, 0.25) is 0 Å². The summed E-state index contributed by atoms with van der Waals surface area (Å²) in [6.07, 6.45) is 5.66. The summed E-state index contributed by atoms with van der Waals surface area (Å²) < 4.78 is 11.9. The Hall–Kier alpha value is -1.17. The minimum absolute atomic E-state index is 0.0253. The van der Waals surface area contributed by atoms with Crippen molar-refractivity contribution in [3.05, 3.63) is 35.1 Å². The lowest BCUT2D eigenvalue weighted by molar-refractivity contribution is 0.00578. The Labute approximate surface area is 127 Å². The molecule has 0 aliphatic carbocycles. The van der Waals surface area contributed by atoms with Crippen LogP contribution in [0.1, 0.15) is 57.4 Å². The Morgan fingerprint density at radius 2 is 1.76 bits per heavy atom. The summed E-state index contributed by atoms with van der Waals surface area (Å²) in [5, 5.41) is 0. The standard InChI is InChI=1S/C16H25BN2O2/c1-11-13(9-19-10-14(11)12(2)18)7-8-17-20-15(3,4)16(5,6)21-17/h7-10,12H,18H2,1-6H3/b8-7+/t12-/m1/s1. The van der Waals surface area contributed by atoms with Crippen LogP contribution in [0.25, 0.3) is 6.08 Å². The zero-order valence-electron chi connectivity index (χ0n) is 13.8. The number of hydrogen-bond acceptors (Lipinski definition) is 4. The first-order valence-electron chi connectivity index (χ1n) is 7.38. The van der Waals surface area contributed by atoms with E-state index in [2.05, 4.69) is 11.9 Å². The molecule has 2 N–H and O–H groups in total. The molecule has 21 heavy (non-hydrogen) atoms. The molecule has 1 saturated heterocycles. The number of nitrogens with zero attached hydrogens (tertiary/aromatic N) is 1. The number of nitrogens with two attached hydrogens (primary N) is 1. The molecule has 0 saturated carbocycles. The fraction of sp³-hybridized carbons (Fsp3) is 0.562. The van der Waals surface area contributed by atoms with Gasteiger partial charge in [-0.1, -0.05) is 12.1 Å². The van der Waals surface area contributed by atoms with Crippen molar-refractivity contribution < 1.29 is 9.31 Å². The number of pyridine rings is 1. The molecular weight excluding hydrogens is 263 g/mol. The summed E-state index contributed by atoms with van der Waals surface area (Å²) in [4.78, 5) is 4.26. The van der Waals surface area contributed by atoms with Crippen molar-refractivity contribution in [3.63, 3.8) is 0 Å². The van der Waals surface area contributed by atoms with Crippen LogP contribution in [0.15, 0.2) is 18.4 Å². The van der Waals surface area contributed by atoms with Crippen LogP contribution in [0.5, 0.6) is 0 Å². The molecule has 2 heterocycles. The van der Waals surface area contributed by atoms with Crippen LogP contribution in [-0.2, 0) is 9.31 Å². The van der Waals surface area contributed by atoms with Gasteiger partial charge in [0.25, 0.3) is 0 Å². The maximum atomic E-state index is 5.96. The third-order valence-electron chi connectivity index (χ3n) is 4.49. The monoisotopic (exact) mass is 288 g/mol. The normalized spacial score (nSPS) is 22.0. The van der Waals surface area contributed by atoms with Crippen LogP contribution in [0, 0.1) is 6.92 Å². The first-order chi connectivity index (χ1) is 9.64. The zero-order chi connectivity index (χ0) is 15.8. The van der Waals surface area contributed by atoms with Gasteiger partial charge < -0.3 is 15.0 Å². The summed E-state index contributed by atoms with van der Waals surface area (Å²) in [5.74, 6) is 1.94. The van der Waals surface area contributed by atoms with Crippen LogP contribution in [-0.4, -0.2) is 23.3 Å². The summed E-state index contributed by atoms with van der Waals surface area (Å²) in [6, 6.07) is -0.0253. The first-order valence-corrected chi connectivity index (χ1v) is 7.38. The van der Waals surface area contributed by atoms with Crippen LogP contribution in [0.4, 0.5) is 0 Å². The van der Waals surface area contributed by atoms with E-state index in [-0.39, 0.29) is 24.4 Å². The molecule has 0 aromatic carbocycles. The third-order valence-corrected chi connectivity index (χ3v) is 4.49. The summed E-state index contributed by atoms with van der Waals surface area (Å²) in [7, 11) is -0.339. The van der Waals surface area contributed by atoms with Gasteiger partial charge in [-0.25, -0.2) is 0 Å². The second-order valence-corrected chi connectivity index (χ2v) is 6.72. The molecule has 4 nitrogen and oxygen atoms in total. The summed E-state index contributed by atoms with van der Waals surface area (Å²) in [6.45, 7) is 12.2. The smallest absolute Gasteiger partial charge is 0.400 e. The van der Waals surface area contributed by atoms with Gasteiger partial charge in [0.15, 0.2) is 0 Å². The number of rotatable bonds is 3. The fourth-order valence-corrected chi connectivity index (χ4v) is 2.33. The van der Waals surface area contributed by atoms with Gasteiger partial charge in [-0.15, -0.1) is 0 Å². The van der Waals surface area contributed by atoms with E-state index in [0.29, 0.717) is 0 Å². The van der Waals surface area contributed by atoms with Crippen molar-refractivity contribution in [1.29, 1.82) is 0 Å². The highest BCUT2D eigenvalue weighted by molar-refractivity contribution is 6.52. The minimum Gasteiger partial charge on any atom is -0.400 e. The van der Waals surface area contributed by atoms with E-state index in [1.807, 2.05) is 59.1 Å². The molecule has 5 heteroatoms. The molecule has 0 spiro atoms. The molecule has 1 aromatic rings. The first kappa shape index (κ1) is 16.2. The van der Waals surface area contributed by atoms with Gasteiger partial charge in [0, 0.05) is 18.4 Å². The predicted molar refractivity (Wildman–Crippen MR) is 86.7 cm³/mol. The lowest BCUT2D eigenvalue weighted by Crippen LogP contribution is -2.41. The number of aromatic nitrogens is 1. The van der Waals surface area contributed by atoms with Gasteiger partial charge in [-0.2, -0.15) is 0 Å². The van der Waals surface area contributed by atoms with Gasteiger partial charge in [0.1, 0.15) is 0 Å². The van der Waals surface area contributed by atoms with Crippen LogP contribution in [0.3, 0.4) is 0 Å². The molecule has 0 bridgehead atoms. The summed E-state index contributed by atoms with van der Waals surface area (Å²) in [5.41, 5.74) is 8.57. The molecule has 1 aliphatic heterocycles. The molecule has 114 valence electrons. The third kappa shape index (κ3) is 3.20. The van der Waals surface area contributed by atoms with Crippen molar-refractivity contribution in [2.75, 3.05) is 0 Å². The van der Waals surface area contributed by atoms with Crippen molar-refractivity contribution >= 4 is 13.2 Å². The van der Waals surface area contributed by atoms with E-state index >= 15 is 0 Å². The Kier molecular flexibility index (Phi) is 4.29. The quantitative estimate of drug-likeness (QED) is 0.868. The van der Waals surface area contributed by atoms with Crippen molar-refractivity contribution in [3.8, 4) is 0 Å². The highest BCUT2D eigenvalue weighted by Gasteiger charge is 2.49. The Bertz CT molecular complexity index is 537. The van der Waals surface area contributed by atoms with Gasteiger partial charge in [0.05, 0.1) is 11.2 Å². The SMILES string of the molecule is Cc1c(/C=C/B2OC(C)(C)C(C)(C)O2)cncc1[C@@H](C)N. The van der Waals surface area contributed by atoms with E-state index in [4.69, 9.17) is 15.0 Å². The molecular formula is C16H25BN2O2. The predicted octanol–water partition coefficient (Wildman–Crippen LogP) is 3.05. The lowest BCUT2D eigenvalue weighted by Gasteiger charge is -2.32. The number of hydrogen-bond donors (Lipinski definition) is 1. The maximum absolute atomic E-state index is 5.96. The highest BCUT2D eigenvalue weighted by atomic mass is 16.7. The molecule has 1 atom stereocenters. The molecule has 1 fully saturated rings. The van der Waals surface area contributed by atoms with E-state index in [1.165, 1.54) is 0 Å².